The summed E-state index contributed by atoms with van der Waals surface area (Å²) in [6, 6.07) is 14.6. The number of carbonyl (C=O) groups excluding carboxylic acids is 1. The molecule has 0 saturated carbocycles. The number of rotatable bonds is 11. The van der Waals surface area contributed by atoms with Crippen molar-refractivity contribution in [3.8, 4) is 11.5 Å². The number of nitrogens with one attached hydrogen (secondary N) is 1. The molecule has 0 fully saturated rings. The number of unbranched alkanes of at least 4 members (excludes halogenated alkanes) is 3. The van der Waals surface area contributed by atoms with Crippen LogP contribution in [0.25, 0.3) is 0 Å². The van der Waals surface area contributed by atoms with Gasteiger partial charge >= 0.3 is 0 Å². The number of ether oxygens (including phenoxy) is 2. The Hall–Kier alpha value is -2.82. The van der Waals surface area contributed by atoms with E-state index in [9.17, 15) is 4.79 Å². The molecule has 0 aliphatic heterocycles. The van der Waals surface area contributed by atoms with Crippen molar-refractivity contribution in [2.75, 3.05) is 13.2 Å². The minimum absolute atomic E-state index is 0.246. The molecule has 5 heteroatoms. The van der Waals surface area contributed by atoms with E-state index in [1.165, 1.54) is 19.3 Å². The quantitative estimate of drug-likeness (QED) is 0.352. The third-order valence-corrected chi connectivity index (χ3v) is 3.94. The van der Waals surface area contributed by atoms with Crippen molar-refractivity contribution < 1.29 is 14.3 Å². The second-order valence-electron chi connectivity index (χ2n) is 6.11. The summed E-state index contributed by atoms with van der Waals surface area (Å²) in [4.78, 5) is 12.0. The van der Waals surface area contributed by atoms with Gasteiger partial charge in [0, 0.05) is 5.56 Å². The summed E-state index contributed by atoms with van der Waals surface area (Å²) in [5.74, 6) is 1.18. The van der Waals surface area contributed by atoms with Crippen LogP contribution in [-0.2, 0) is 0 Å². The van der Waals surface area contributed by atoms with Gasteiger partial charge in [-0.1, -0.05) is 44.4 Å². The molecule has 0 aliphatic rings. The number of nitrogens with zero attached hydrogens (tertiary/aromatic N) is 1. The zero-order valence-corrected chi connectivity index (χ0v) is 16.1. The molecule has 2 rings (SSSR count). The van der Waals surface area contributed by atoms with E-state index >= 15 is 0 Å². The Bertz CT molecular complexity index is 730. The second kappa shape index (κ2) is 11.7. The zero-order chi connectivity index (χ0) is 19.3. The second-order valence-corrected chi connectivity index (χ2v) is 6.11. The molecule has 0 aromatic heterocycles. The first-order valence-corrected chi connectivity index (χ1v) is 9.52. The molecule has 1 N–H and O–H groups in total. The van der Waals surface area contributed by atoms with E-state index in [-0.39, 0.29) is 5.91 Å². The molecular formula is C22H28N2O3. The zero-order valence-electron chi connectivity index (χ0n) is 16.1. The van der Waals surface area contributed by atoms with Gasteiger partial charge in [-0.05, 0) is 49.2 Å². The summed E-state index contributed by atoms with van der Waals surface area (Å²) < 4.78 is 11.5. The van der Waals surface area contributed by atoms with Gasteiger partial charge in [-0.15, -0.1) is 0 Å². The Balaban J connectivity index is 1.94. The van der Waals surface area contributed by atoms with Crippen LogP contribution in [0.4, 0.5) is 0 Å². The van der Waals surface area contributed by atoms with Crippen LogP contribution >= 0.6 is 0 Å². The third kappa shape index (κ3) is 7.13. The van der Waals surface area contributed by atoms with E-state index in [4.69, 9.17) is 9.47 Å². The normalized spacial score (nSPS) is 10.7. The SMILES string of the molecule is CCCCCCOc1ccc(/C=N/NC(=O)c2ccccc2)cc1OCC. The molecule has 0 heterocycles. The standard InChI is InChI=1S/C22H28N2O3/c1-3-5-6-10-15-27-20-14-13-18(16-21(20)26-4-2)17-23-24-22(25)19-11-8-7-9-12-19/h7-9,11-14,16-17H,3-6,10,15H2,1-2H3,(H,24,25)/b23-17+. The summed E-state index contributed by atoms with van der Waals surface area (Å²) in [5, 5.41) is 4.02. The smallest absolute Gasteiger partial charge is 0.271 e. The first-order chi connectivity index (χ1) is 13.2. The Labute approximate surface area is 161 Å². The van der Waals surface area contributed by atoms with Gasteiger partial charge in [-0.2, -0.15) is 5.10 Å². The Morgan fingerprint density at radius 2 is 1.81 bits per heavy atom. The average Bonchev–Trinajstić information content (AvgIpc) is 2.70. The number of hydrazone groups is 1. The number of hydrogen-bond acceptors (Lipinski definition) is 4. The van der Waals surface area contributed by atoms with Crippen LogP contribution in [0.3, 0.4) is 0 Å². The lowest BCUT2D eigenvalue weighted by molar-refractivity contribution is 0.0955. The number of hydrogen-bond donors (Lipinski definition) is 1. The van der Waals surface area contributed by atoms with Gasteiger partial charge in [-0.25, -0.2) is 5.43 Å². The first-order valence-electron chi connectivity index (χ1n) is 9.52. The Morgan fingerprint density at radius 3 is 2.56 bits per heavy atom. The molecule has 1 amide bonds. The molecule has 5 nitrogen and oxygen atoms in total. The molecule has 0 spiro atoms. The summed E-state index contributed by atoms with van der Waals surface area (Å²) in [7, 11) is 0. The number of benzene rings is 2. The van der Waals surface area contributed by atoms with E-state index in [0.29, 0.717) is 24.5 Å². The van der Waals surface area contributed by atoms with Gasteiger partial charge < -0.3 is 9.47 Å². The van der Waals surface area contributed by atoms with Crippen molar-refractivity contribution in [1.82, 2.24) is 5.43 Å². The molecule has 0 saturated heterocycles. The Morgan fingerprint density at radius 1 is 1.00 bits per heavy atom. The third-order valence-electron chi connectivity index (χ3n) is 3.94. The molecular weight excluding hydrogens is 340 g/mol. The highest BCUT2D eigenvalue weighted by Crippen LogP contribution is 2.28. The highest BCUT2D eigenvalue weighted by Gasteiger charge is 2.06. The van der Waals surface area contributed by atoms with Crippen LogP contribution < -0.4 is 14.9 Å². The summed E-state index contributed by atoms with van der Waals surface area (Å²) >= 11 is 0. The highest BCUT2D eigenvalue weighted by molar-refractivity contribution is 5.94. The first kappa shape index (κ1) is 20.5. The van der Waals surface area contributed by atoms with Gasteiger partial charge in [0.1, 0.15) is 0 Å². The molecule has 2 aromatic rings. The fourth-order valence-electron chi connectivity index (χ4n) is 2.52. The minimum atomic E-state index is -0.246. The highest BCUT2D eigenvalue weighted by atomic mass is 16.5. The van der Waals surface area contributed by atoms with E-state index < -0.39 is 0 Å². The van der Waals surface area contributed by atoms with Crippen molar-refractivity contribution in [2.45, 2.75) is 39.5 Å². The van der Waals surface area contributed by atoms with E-state index in [2.05, 4.69) is 17.5 Å². The van der Waals surface area contributed by atoms with Crippen molar-refractivity contribution >= 4 is 12.1 Å². The largest absolute Gasteiger partial charge is 0.490 e. The lowest BCUT2D eigenvalue weighted by Gasteiger charge is -2.12. The van der Waals surface area contributed by atoms with Crippen molar-refractivity contribution in [2.24, 2.45) is 5.10 Å². The fourth-order valence-corrected chi connectivity index (χ4v) is 2.52. The molecule has 2 aromatic carbocycles. The van der Waals surface area contributed by atoms with Crippen LogP contribution in [-0.4, -0.2) is 25.3 Å². The van der Waals surface area contributed by atoms with Crippen LogP contribution in [0.2, 0.25) is 0 Å². The lowest BCUT2D eigenvalue weighted by Crippen LogP contribution is -2.17. The van der Waals surface area contributed by atoms with Gasteiger partial charge in [0.15, 0.2) is 11.5 Å². The van der Waals surface area contributed by atoms with E-state index in [0.717, 1.165) is 17.7 Å². The Kier molecular flexibility index (Phi) is 8.90. The minimum Gasteiger partial charge on any atom is -0.490 e. The van der Waals surface area contributed by atoms with Crippen LogP contribution in [0.5, 0.6) is 11.5 Å². The predicted octanol–water partition coefficient (Wildman–Crippen LogP) is 4.81. The van der Waals surface area contributed by atoms with E-state index in [1.807, 2.05) is 43.3 Å². The molecule has 27 heavy (non-hydrogen) atoms. The van der Waals surface area contributed by atoms with Crippen LogP contribution in [0, 0.1) is 0 Å². The monoisotopic (exact) mass is 368 g/mol. The molecule has 0 radical (unpaired) electrons. The van der Waals surface area contributed by atoms with Gasteiger partial charge in [0.05, 0.1) is 19.4 Å². The van der Waals surface area contributed by atoms with E-state index in [1.54, 1.807) is 18.3 Å². The maximum atomic E-state index is 12.0. The molecule has 0 aliphatic carbocycles. The van der Waals surface area contributed by atoms with Crippen molar-refractivity contribution in [3.05, 3.63) is 59.7 Å². The number of amides is 1. The fraction of sp³-hybridized carbons (Fsp3) is 0.364. The van der Waals surface area contributed by atoms with Gasteiger partial charge in [0.25, 0.3) is 5.91 Å². The van der Waals surface area contributed by atoms with Crippen molar-refractivity contribution in [3.63, 3.8) is 0 Å². The maximum Gasteiger partial charge on any atom is 0.271 e. The predicted molar refractivity (Wildman–Crippen MR) is 109 cm³/mol. The van der Waals surface area contributed by atoms with Crippen LogP contribution in [0.15, 0.2) is 53.6 Å². The topological polar surface area (TPSA) is 59.9 Å². The summed E-state index contributed by atoms with van der Waals surface area (Å²) in [6.07, 6.45) is 6.24. The summed E-state index contributed by atoms with van der Waals surface area (Å²) in [5.41, 5.74) is 3.92. The molecule has 0 bridgehead atoms. The molecule has 0 atom stereocenters. The molecule has 0 unspecified atom stereocenters. The van der Waals surface area contributed by atoms with Crippen molar-refractivity contribution in [1.29, 1.82) is 0 Å². The molecule has 144 valence electrons. The average molecular weight is 368 g/mol. The maximum absolute atomic E-state index is 12.0. The lowest BCUT2D eigenvalue weighted by atomic mass is 10.2. The van der Waals surface area contributed by atoms with Crippen LogP contribution in [0.1, 0.15) is 55.5 Å². The summed E-state index contributed by atoms with van der Waals surface area (Å²) in [6.45, 7) is 5.36. The van der Waals surface area contributed by atoms with Gasteiger partial charge in [0.2, 0.25) is 0 Å². The van der Waals surface area contributed by atoms with Gasteiger partial charge in [-0.3, -0.25) is 4.79 Å². The number of carbonyl (C=O) groups is 1.